The SMILES string of the molecule is O=C(OCc1ccccc1F)c1ccc(Oc2cnc3ccccc3n2)cc1. The van der Waals surface area contributed by atoms with Gasteiger partial charge in [-0.1, -0.05) is 30.3 Å². The Kier molecular flexibility index (Phi) is 4.93. The van der Waals surface area contributed by atoms with E-state index in [0.717, 1.165) is 11.0 Å². The number of benzene rings is 3. The van der Waals surface area contributed by atoms with Crippen LogP contribution in [-0.2, 0) is 11.3 Å². The van der Waals surface area contributed by atoms with Crippen molar-refractivity contribution in [2.45, 2.75) is 6.61 Å². The molecule has 0 radical (unpaired) electrons. The average Bonchev–Trinajstić information content (AvgIpc) is 2.73. The second kappa shape index (κ2) is 7.84. The third kappa shape index (κ3) is 3.96. The summed E-state index contributed by atoms with van der Waals surface area (Å²) in [5, 5.41) is 0. The van der Waals surface area contributed by atoms with Crippen LogP contribution in [0.3, 0.4) is 0 Å². The van der Waals surface area contributed by atoms with Gasteiger partial charge in [0, 0.05) is 5.56 Å². The van der Waals surface area contributed by atoms with Crippen LogP contribution in [0.25, 0.3) is 11.0 Å². The molecule has 0 atom stereocenters. The normalized spacial score (nSPS) is 10.6. The molecule has 1 aromatic heterocycles. The van der Waals surface area contributed by atoms with E-state index in [2.05, 4.69) is 9.97 Å². The van der Waals surface area contributed by atoms with E-state index >= 15 is 0 Å². The van der Waals surface area contributed by atoms with Crippen LogP contribution in [0.1, 0.15) is 15.9 Å². The number of carbonyl (C=O) groups is 1. The van der Waals surface area contributed by atoms with Crippen molar-refractivity contribution in [3.05, 3.63) is 95.9 Å². The third-order valence-electron chi connectivity index (χ3n) is 4.06. The zero-order valence-electron chi connectivity index (χ0n) is 14.7. The number of hydrogen-bond acceptors (Lipinski definition) is 5. The number of nitrogens with zero attached hydrogens (tertiary/aromatic N) is 2. The van der Waals surface area contributed by atoms with Crippen molar-refractivity contribution >= 4 is 17.0 Å². The largest absolute Gasteiger partial charge is 0.457 e. The number of para-hydroxylation sites is 2. The Bertz CT molecular complexity index is 1130. The van der Waals surface area contributed by atoms with Gasteiger partial charge in [0.25, 0.3) is 0 Å². The van der Waals surface area contributed by atoms with Gasteiger partial charge in [0.2, 0.25) is 5.88 Å². The zero-order chi connectivity index (χ0) is 19.3. The minimum Gasteiger partial charge on any atom is -0.457 e. The summed E-state index contributed by atoms with van der Waals surface area (Å²) in [6.07, 6.45) is 1.54. The fourth-order valence-electron chi connectivity index (χ4n) is 2.61. The molecule has 6 heteroatoms. The lowest BCUT2D eigenvalue weighted by Crippen LogP contribution is -2.06. The Hall–Kier alpha value is -3.80. The van der Waals surface area contributed by atoms with Gasteiger partial charge in [-0.15, -0.1) is 0 Å². The summed E-state index contributed by atoms with van der Waals surface area (Å²) in [6.45, 7) is -0.129. The molecule has 0 unspecified atom stereocenters. The summed E-state index contributed by atoms with van der Waals surface area (Å²) in [7, 11) is 0. The Labute approximate surface area is 160 Å². The highest BCUT2D eigenvalue weighted by Gasteiger charge is 2.10. The monoisotopic (exact) mass is 374 g/mol. The topological polar surface area (TPSA) is 61.3 Å². The van der Waals surface area contributed by atoms with Crippen molar-refractivity contribution in [3.8, 4) is 11.6 Å². The van der Waals surface area contributed by atoms with E-state index in [9.17, 15) is 9.18 Å². The number of carbonyl (C=O) groups excluding carboxylic acids is 1. The maximum absolute atomic E-state index is 13.6. The van der Waals surface area contributed by atoms with Crippen molar-refractivity contribution in [1.82, 2.24) is 9.97 Å². The second-order valence-corrected chi connectivity index (χ2v) is 5.99. The average molecular weight is 374 g/mol. The van der Waals surface area contributed by atoms with Crippen LogP contribution >= 0.6 is 0 Å². The van der Waals surface area contributed by atoms with Gasteiger partial charge in [-0.3, -0.25) is 0 Å². The van der Waals surface area contributed by atoms with Gasteiger partial charge >= 0.3 is 5.97 Å². The molecule has 0 N–H and O–H groups in total. The van der Waals surface area contributed by atoms with Gasteiger partial charge < -0.3 is 9.47 Å². The smallest absolute Gasteiger partial charge is 0.338 e. The molecule has 1 heterocycles. The first-order chi connectivity index (χ1) is 13.7. The Balaban J connectivity index is 1.41. The molecule has 0 saturated heterocycles. The predicted molar refractivity (Wildman–Crippen MR) is 102 cm³/mol. The molecule has 0 aliphatic carbocycles. The van der Waals surface area contributed by atoms with Crippen LogP contribution < -0.4 is 4.74 Å². The van der Waals surface area contributed by atoms with Gasteiger partial charge in [-0.2, -0.15) is 0 Å². The number of rotatable bonds is 5. The van der Waals surface area contributed by atoms with E-state index in [1.165, 1.54) is 6.07 Å². The molecule has 0 saturated carbocycles. The third-order valence-corrected chi connectivity index (χ3v) is 4.06. The van der Waals surface area contributed by atoms with Crippen molar-refractivity contribution in [3.63, 3.8) is 0 Å². The molecule has 0 aliphatic rings. The first kappa shape index (κ1) is 17.6. The summed E-state index contributed by atoms with van der Waals surface area (Å²) >= 11 is 0. The molecule has 0 spiro atoms. The molecule has 3 aromatic carbocycles. The lowest BCUT2D eigenvalue weighted by Gasteiger charge is -2.08. The van der Waals surface area contributed by atoms with Crippen LogP contribution in [0, 0.1) is 5.82 Å². The quantitative estimate of drug-likeness (QED) is 0.464. The number of ether oxygens (including phenoxy) is 2. The van der Waals surface area contributed by atoms with E-state index in [1.54, 1.807) is 48.7 Å². The molecule has 4 aromatic rings. The molecule has 4 rings (SSSR count). The molecule has 0 aliphatic heterocycles. The first-order valence-electron chi connectivity index (χ1n) is 8.59. The van der Waals surface area contributed by atoms with Gasteiger partial charge in [-0.05, 0) is 42.5 Å². The second-order valence-electron chi connectivity index (χ2n) is 5.99. The van der Waals surface area contributed by atoms with E-state index in [-0.39, 0.29) is 6.61 Å². The number of esters is 1. The Morgan fingerprint density at radius 1 is 0.893 bits per heavy atom. The van der Waals surface area contributed by atoms with Crippen LogP contribution in [0.15, 0.2) is 79.0 Å². The number of fused-ring (bicyclic) bond motifs is 1. The van der Waals surface area contributed by atoms with E-state index in [0.29, 0.717) is 22.8 Å². The van der Waals surface area contributed by atoms with E-state index < -0.39 is 11.8 Å². The minimum atomic E-state index is -0.541. The van der Waals surface area contributed by atoms with E-state index in [1.807, 2.05) is 24.3 Å². The summed E-state index contributed by atoms with van der Waals surface area (Å²) < 4.78 is 24.4. The van der Waals surface area contributed by atoms with Crippen LogP contribution in [-0.4, -0.2) is 15.9 Å². The van der Waals surface area contributed by atoms with E-state index in [4.69, 9.17) is 9.47 Å². The molecule has 5 nitrogen and oxygen atoms in total. The highest BCUT2D eigenvalue weighted by molar-refractivity contribution is 5.89. The van der Waals surface area contributed by atoms with Gasteiger partial charge in [-0.25, -0.2) is 19.2 Å². The first-order valence-corrected chi connectivity index (χ1v) is 8.59. The fraction of sp³-hybridized carbons (Fsp3) is 0.0455. The molecule has 138 valence electrons. The standard InChI is InChI=1S/C22H15FN2O3/c23-18-6-2-1-5-16(18)14-27-22(26)15-9-11-17(12-10-15)28-21-13-24-19-7-3-4-8-20(19)25-21/h1-13H,14H2. The van der Waals surface area contributed by atoms with Crippen LogP contribution in [0.5, 0.6) is 11.6 Å². The highest BCUT2D eigenvalue weighted by Crippen LogP contribution is 2.21. The van der Waals surface area contributed by atoms with Crippen molar-refractivity contribution in [2.75, 3.05) is 0 Å². The summed E-state index contributed by atoms with van der Waals surface area (Å²) in [4.78, 5) is 20.8. The summed E-state index contributed by atoms with van der Waals surface area (Å²) in [5.41, 5.74) is 2.18. The maximum atomic E-state index is 13.6. The lowest BCUT2D eigenvalue weighted by atomic mass is 10.2. The Morgan fingerprint density at radius 2 is 1.61 bits per heavy atom. The molecular formula is C22H15FN2O3. The predicted octanol–water partition coefficient (Wildman–Crippen LogP) is 4.92. The molecule has 0 amide bonds. The number of hydrogen-bond donors (Lipinski definition) is 0. The Morgan fingerprint density at radius 3 is 2.39 bits per heavy atom. The lowest BCUT2D eigenvalue weighted by molar-refractivity contribution is 0.0469. The fourth-order valence-corrected chi connectivity index (χ4v) is 2.61. The number of halogens is 1. The van der Waals surface area contributed by atoms with Crippen LogP contribution in [0.2, 0.25) is 0 Å². The highest BCUT2D eigenvalue weighted by atomic mass is 19.1. The summed E-state index contributed by atoms with van der Waals surface area (Å²) in [6, 6.07) is 20.1. The molecule has 28 heavy (non-hydrogen) atoms. The molecule has 0 fully saturated rings. The van der Waals surface area contributed by atoms with Crippen molar-refractivity contribution in [2.24, 2.45) is 0 Å². The van der Waals surface area contributed by atoms with Crippen molar-refractivity contribution < 1.29 is 18.7 Å². The minimum absolute atomic E-state index is 0.129. The number of aromatic nitrogens is 2. The van der Waals surface area contributed by atoms with Gasteiger partial charge in [0.15, 0.2) is 0 Å². The summed E-state index contributed by atoms with van der Waals surface area (Å²) in [5.74, 6) is -0.0837. The maximum Gasteiger partial charge on any atom is 0.338 e. The van der Waals surface area contributed by atoms with Gasteiger partial charge in [0.05, 0.1) is 22.8 Å². The molecule has 0 bridgehead atoms. The van der Waals surface area contributed by atoms with Gasteiger partial charge in [0.1, 0.15) is 18.2 Å². The van der Waals surface area contributed by atoms with Crippen LogP contribution in [0.4, 0.5) is 4.39 Å². The van der Waals surface area contributed by atoms with Crippen molar-refractivity contribution in [1.29, 1.82) is 0 Å². The molecular weight excluding hydrogens is 359 g/mol. The zero-order valence-corrected chi connectivity index (χ0v) is 14.7.